The van der Waals surface area contributed by atoms with Crippen molar-refractivity contribution in [2.75, 3.05) is 24.5 Å². The number of halogens is 3. The minimum Gasteiger partial charge on any atom is -0.367 e. The summed E-state index contributed by atoms with van der Waals surface area (Å²) in [5.74, 6) is -0.417. The molecule has 1 atom stereocenters. The first-order chi connectivity index (χ1) is 13.6. The zero-order valence-electron chi connectivity index (χ0n) is 16.2. The van der Waals surface area contributed by atoms with E-state index in [1.54, 1.807) is 12.1 Å². The van der Waals surface area contributed by atoms with Gasteiger partial charge in [0.25, 0.3) is 0 Å². The third-order valence-corrected chi connectivity index (χ3v) is 4.63. The molecule has 29 heavy (non-hydrogen) atoms. The smallest absolute Gasteiger partial charge is 0.191 e. The Balaban J connectivity index is 0.00000300. The SMILES string of the molecule is CCNC(=NCc1ccc(C#N)cc1)NC1CCN(c2ccc(F)cc2F)C1.I. The molecule has 0 spiro atoms. The second kappa shape index (κ2) is 11.0. The van der Waals surface area contributed by atoms with Gasteiger partial charge in [-0.15, -0.1) is 24.0 Å². The maximum Gasteiger partial charge on any atom is 0.191 e. The van der Waals surface area contributed by atoms with E-state index in [4.69, 9.17) is 5.26 Å². The van der Waals surface area contributed by atoms with E-state index in [9.17, 15) is 8.78 Å². The molecular formula is C21H24F2IN5. The van der Waals surface area contributed by atoms with Crippen molar-refractivity contribution in [2.24, 2.45) is 4.99 Å². The quantitative estimate of drug-likeness (QED) is 0.365. The number of nitrogens with zero attached hydrogens (tertiary/aromatic N) is 3. The number of hydrogen-bond donors (Lipinski definition) is 2. The molecule has 0 aliphatic carbocycles. The third kappa shape index (κ3) is 6.29. The summed E-state index contributed by atoms with van der Waals surface area (Å²) in [7, 11) is 0. The first-order valence-corrected chi connectivity index (χ1v) is 9.33. The van der Waals surface area contributed by atoms with Crippen molar-refractivity contribution in [3.05, 3.63) is 65.2 Å². The fraction of sp³-hybridized carbons (Fsp3) is 0.333. The number of hydrogen-bond acceptors (Lipinski definition) is 3. The van der Waals surface area contributed by atoms with Crippen LogP contribution in [0.1, 0.15) is 24.5 Å². The summed E-state index contributed by atoms with van der Waals surface area (Å²) in [4.78, 5) is 6.51. The molecule has 2 aromatic carbocycles. The highest BCUT2D eigenvalue weighted by Crippen LogP contribution is 2.24. The number of anilines is 1. The normalized spacial score (nSPS) is 16.1. The van der Waals surface area contributed by atoms with E-state index in [2.05, 4.69) is 21.7 Å². The van der Waals surface area contributed by atoms with Gasteiger partial charge in [0.15, 0.2) is 5.96 Å². The van der Waals surface area contributed by atoms with Crippen LogP contribution < -0.4 is 15.5 Å². The van der Waals surface area contributed by atoms with Gasteiger partial charge in [-0.1, -0.05) is 12.1 Å². The Hall–Kier alpha value is -2.41. The van der Waals surface area contributed by atoms with E-state index in [0.717, 1.165) is 24.6 Å². The lowest BCUT2D eigenvalue weighted by Crippen LogP contribution is -2.44. The largest absolute Gasteiger partial charge is 0.367 e. The Morgan fingerprint density at radius 3 is 2.66 bits per heavy atom. The Kier molecular flexibility index (Phi) is 8.64. The Morgan fingerprint density at radius 2 is 2.00 bits per heavy atom. The van der Waals surface area contributed by atoms with Crippen LogP contribution in [0.25, 0.3) is 0 Å². The molecule has 154 valence electrons. The Bertz CT molecular complexity index is 880. The summed E-state index contributed by atoms with van der Waals surface area (Å²) >= 11 is 0. The van der Waals surface area contributed by atoms with Gasteiger partial charge in [-0.3, -0.25) is 0 Å². The van der Waals surface area contributed by atoms with E-state index in [1.165, 1.54) is 12.1 Å². The number of nitrogens with one attached hydrogen (secondary N) is 2. The zero-order valence-corrected chi connectivity index (χ0v) is 18.5. The molecule has 1 unspecified atom stereocenters. The number of guanidine groups is 1. The molecule has 0 bridgehead atoms. The van der Waals surface area contributed by atoms with Crippen molar-refractivity contribution in [1.29, 1.82) is 5.26 Å². The van der Waals surface area contributed by atoms with Crippen LogP contribution in [0.5, 0.6) is 0 Å². The van der Waals surface area contributed by atoms with Crippen LogP contribution in [0.3, 0.4) is 0 Å². The monoisotopic (exact) mass is 511 g/mol. The van der Waals surface area contributed by atoms with E-state index in [1.807, 2.05) is 24.0 Å². The molecule has 0 aromatic heterocycles. The average molecular weight is 511 g/mol. The van der Waals surface area contributed by atoms with Gasteiger partial charge in [0.05, 0.1) is 23.9 Å². The molecule has 1 saturated heterocycles. The molecule has 0 saturated carbocycles. The predicted molar refractivity (Wildman–Crippen MR) is 121 cm³/mol. The second-order valence-electron chi connectivity index (χ2n) is 6.68. The van der Waals surface area contributed by atoms with E-state index >= 15 is 0 Å². The van der Waals surface area contributed by atoms with Crippen LogP contribution in [-0.4, -0.2) is 31.6 Å². The number of benzene rings is 2. The topological polar surface area (TPSA) is 63.5 Å². The molecule has 1 aliphatic rings. The van der Waals surface area contributed by atoms with Gasteiger partial charge in [-0.2, -0.15) is 5.26 Å². The highest BCUT2D eigenvalue weighted by Gasteiger charge is 2.25. The van der Waals surface area contributed by atoms with E-state index < -0.39 is 11.6 Å². The molecule has 2 aromatic rings. The van der Waals surface area contributed by atoms with Crippen molar-refractivity contribution < 1.29 is 8.78 Å². The predicted octanol–water partition coefficient (Wildman–Crippen LogP) is 3.79. The maximum atomic E-state index is 14.0. The van der Waals surface area contributed by atoms with Crippen LogP contribution >= 0.6 is 24.0 Å². The zero-order chi connectivity index (χ0) is 19.9. The number of nitriles is 1. The van der Waals surface area contributed by atoms with Gasteiger partial charge in [0.1, 0.15) is 11.6 Å². The fourth-order valence-electron chi connectivity index (χ4n) is 3.20. The molecular weight excluding hydrogens is 487 g/mol. The van der Waals surface area contributed by atoms with E-state index in [-0.39, 0.29) is 30.0 Å². The molecule has 1 aliphatic heterocycles. The van der Waals surface area contributed by atoms with Crippen molar-refractivity contribution in [1.82, 2.24) is 10.6 Å². The van der Waals surface area contributed by atoms with Gasteiger partial charge >= 0.3 is 0 Å². The summed E-state index contributed by atoms with van der Waals surface area (Å²) in [6, 6.07) is 13.2. The van der Waals surface area contributed by atoms with Gasteiger partial charge < -0.3 is 15.5 Å². The Labute approximate surface area is 186 Å². The number of rotatable bonds is 5. The lowest BCUT2D eigenvalue weighted by atomic mass is 10.1. The van der Waals surface area contributed by atoms with Crippen LogP contribution in [0, 0.1) is 23.0 Å². The fourth-order valence-corrected chi connectivity index (χ4v) is 3.20. The first kappa shape index (κ1) is 22.9. The maximum absolute atomic E-state index is 14.0. The lowest BCUT2D eigenvalue weighted by molar-refractivity contribution is 0.580. The van der Waals surface area contributed by atoms with Gasteiger partial charge in [-0.05, 0) is 43.2 Å². The molecule has 1 fully saturated rings. The molecule has 3 rings (SSSR count). The summed E-state index contributed by atoms with van der Waals surface area (Å²) in [5.41, 5.74) is 2.06. The van der Waals surface area contributed by atoms with Crippen molar-refractivity contribution in [2.45, 2.75) is 25.9 Å². The molecule has 0 radical (unpaired) electrons. The van der Waals surface area contributed by atoms with Gasteiger partial charge in [0.2, 0.25) is 0 Å². The lowest BCUT2D eigenvalue weighted by Gasteiger charge is -2.21. The molecule has 8 heteroatoms. The van der Waals surface area contributed by atoms with Crippen LogP contribution in [0.15, 0.2) is 47.5 Å². The summed E-state index contributed by atoms with van der Waals surface area (Å²) < 4.78 is 27.1. The highest BCUT2D eigenvalue weighted by atomic mass is 127. The Morgan fingerprint density at radius 1 is 1.24 bits per heavy atom. The average Bonchev–Trinajstić information content (AvgIpc) is 3.15. The second-order valence-corrected chi connectivity index (χ2v) is 6.68. The van der Waals surface area contributed by atoms with E-state index in [0.29, 0.717) is 36.8 Å². The minimum atomic E-state index is -0.570. The molecule has 0 amide bonds. The molecule has 2 N–H and O–H groups in total. The van der Waals surface area contributed by atoms with Crippen molar-refractivity contribution in [3.63, 3.8) is 0 Å². The van der Waals surface area contributed by atoms with Crippen molar-refractivity contribution in [3.8, 4) is 6.07 Å². The first-order valence-electron chi connectivity index (χ1n) is 9.33. The standard InChI is InChI=1S/C21H23F2N5.HI/c1-2-25-21(26-13-16-5-3-15(12-24)4-6-16)27-18-9-10-28(14-18)20-8-7-17(22)11-19(20)23;/h3-8,11,18H,2,9-10,13-14H2,1H3,(H2,25,26,27);1H. The number of aliphatic imine (C=N–C) groups is 1. The summed E-state index contributed by atoms with van der Waals surface area (Å²) in [6.45, 7) is 4.51. The van der Waals surface area contributed by atoms with Gasteiger partial charge in [0, 0.05) is 31.7 Å². The van der Waals surface area contributed by atoms with Gasteiger partial charge in [-0.25, -0.2) is 13.8 Å². The summed E-state index contributed by atoms with van der Waals surface area (Å²) in [6.07, 6.45) is 0.831. The highest BCUT2D eigenvalue weighted by molar-refractivity contribution is 14.0. The van der Waals surface area contributed by atoms with Crippen molar-refractivity contribution >= 4 is 35.6 Å². The van der Waals surface area contributed by atoms with Crippen LogP contribution in [0.4, 0.5) is 14.5 Å². The summed E-state index contributed by atoms with van der Waals surface area (Å²) in [5, 5.41) is 15.5. The molecule has 1 heterocycles. The van der Waals surface area contributed by atoms with Crippen LogP contribution in [-0.2, 0) is 6.54 Å². The minimum absolute atomic E-state index is 0. The third-order valence-electron chi connectivity index (χ3n) is 4.63. The van der Waals surface area contributed by atoms with Crippen LogP contribution in [0.2, 0.25) is 0 Å². The molecule has 5 nitrogen and oxygen atoms in total.